The first-order chi connectivity index (χ1) is 10.2. The van der Waals surface area contributed by atoms with Gasteiger partial charge in [0.1, 0.15) is 23.1 Å². The molecule has 6 heteroatoms. The third kappa shape index (κ3) is 3.25. The van der Waals surface area contributed by atoms with Crippen LogP contribution >= 0.6 is 11.6 Å². The van der Waals surface area contributed by atoms with Crippen LogP contribution in [0.25, 0.3) is 10.9 Å². The number of halogens is 2. The summed E-state index contributed by atoms with van der Waals surface area (Å²) in [6.45, 7) is 0.659. The van der Waals surface area contributed by atoms with Gasteiger partial charge >= 0.3 is 0 Å². The number of hydrogen-bond donors (Lipinski definition) is 1. The lowest BCUT2D eigenvalue weighted by Gasteiger charge is -2.08. The van der Waals surface area contributed by atoms with Crippen molar-refractivity contribution < 1.29 is 4.39 Å². The van der Waals surface area contributed by atoms with E-state index in [1.807, 2.05) is 6.07 Å². The van der Waals surface area contributed by atoms with Crippen LogP contribution in [0.1, 0.15) is 5.56 Å². The number of fused-ring (bicyclic) bond motifs is 1. The first-order valence-corrected chi connectivity index (χ1v) is 6.85. The molecule has 0 aliphatic carbocycles. The molecule has 0 bridgehead atoms. The Morgan fingerprint density at radius 2 is 2.00 bits per heavy atom. The third-order valence-electron chi connectivity index (χ3n) is 3.09. The second-order valence-corrected chi connectivity index (χ2v) is 4.94. The number of pyridine rings is 1. The Kier molecular flexibility index (Phi) is 3.92. The third-order valence-corrected chi connectivity index (χ3v) is 3.32. The number of aromatic nitrogens is 3. The van der Waals surface area contributed by atoms with E-state index in [0.717, 1.165) is 12.0 Å². The van der Waals surface area contributed by atoms with E-state index in [4.69, 9.17) is 11.6 Å². The van der Waals surface area contributed by atoms with Crippen LogP contribution in [0.2, 0.25) is 5.15 Å². The van der Waals surface area contributed by atoms with Crippen molar-refractivity contribution in [1.82, 2.24) is 15.0 Å². The minimum atomic E-state index is -0.303. The van der Waals surface area contributed by atoms with Crippen molar-refractivity contribution in [2.24, 2.45) is 0 Å². The summed E-state index contributed by atoms with van der Waals surface area (Å²) in [6, 6.07) is 8.14. The lowest BCUT2D eigenvalue weighted by molar-refractivity contribution is 0.629. The molecule has 0 aliphatic heterocycles. The van der Waals surface area contributed by atoms with Crippen molar-refractivity contribution >= 4 is 28.3 Å². The number of rotatable bonds is 4. The molecule has 0 atom stereocenters. The molecule has 1 aromatic carbocycles. The predicted octanol–water partition coefficient (Wildman–Crippen LogP) is 3.47. The van der Waals surface area contributed by atoms with Gasteiger partial charge in [-0.05, 0) is 36.2 Å². The number of nitrogens with zero attached hydrogens (tertiary/aromatic N) is 3. The molecule has 2 heterocycles. The van der Waals surface area contributed by atoms with Gasteiger partial charge in [0.05, 0.1) is 5.52 Å². The van der Waals surface area contributed by atoms with Gasteiger partial charge in [-0.3, -0.25) is 0 Å². The van der Waals surface area contributed by atoms with Gasteiger partial charge in [-0.2, -0.15) is 0 Å². The summed E-state index contributed by atoms with van der Waals surface area (Å²) in [5, 5.41) is 4.35. The molecular formula is C15H12ClFN4. The van der Waals surface area contributed by atoms with Gasteiger partial charge in [0.2, 0.25) is 0 Å². The molecule has 3 rings (SSSR count). The number of anilines is 1. The van der Waals surface area contributed by atoms with Gasteiger partial charge in [-0.25, -0.2) is 19.3 Å². The van der Waals surface area contributed by atoms with E-state index in [-0.39, 0.29) is 5.82 Å². The number of hydrogen-bond acceptors (Lipinski definition) is 4. The molecule has 0 aliphatic rings. The van der Waals surface area contributed by atoms with Crippen LogP contribution in [0, 0.1) is 5.82 Å². The number of benzene rings is 1. The Balaban J connectivity index is 1.73. The Labute approximate surface area is 126 Å². The second kappa shape index (κ2) is 6.01. The van der Waals surface area contributed by atoms with Crippen molar-refractivity contribution in [3.8, 4) is 0 Å². The highest BCUT2D eigenvalue weighted by molar-refractivity contribution is 6.29. The summed E-state index contributed by atoms with van der Waals surface area (Å²) in [5.41, 5.74) is 1.78. The molecule has 0 unspecified atom stereocenters. The second-order valence-electron chi connectivity index (χ2n) is 4.55. The first-order valence-electron chi connectivity index (χ1n) is 6.47. The summed E-state index contributed by atoms with van der Waals surface area (Å²) in [6.07, 6.45) is 3.97. The van der Waals surface area contributed by atoms with Crippen LogP contribution in [0.5, 0.6) is 0 Å². The van der Waals surface area contributed by atoms with Gasteiger partial charge in [0, 0.05) is 18.1 Å². The van der Waals surface area contributed by atoms with Crippen LogP contribution in [0.4, 0.5) is 10.2 Å². The van der Waals surface area contributed by atoms with Crippen LogP contribution < -0.4 is 5.32 Å². The molecule has 3 aromatic rings. The van der Waals surface area contributed by atoms with Crippen LogP contribution in [-0.2, 0) is 6.42 Å². The highest BCUT2D eigenvalue weighted by atomic mass is 35.5. The van der Waals surface area contributed by atoms with Gasteiger partial charge in [-0.1, -0.05) is 17.7 Å². The predicted molar refractivity (Wildman–Crippen MR) is 80.9 cm³/mol. The van der Waals surface area contributed by atoms with E-state index in [9.17, 15) is 4.39 Å². The first kappa shape index (κ1) is 13.7. The summed E-state index contributed by atoms with van der Waals surface area (Å²) in [5.74, 6) is 0.323. The maximum Gasteiger partial charge on any atom is 0.137 e. The van der Waals surface area contributed by atoms with Gasteiger partial charge in [0.15, 0.2) is 0 Å². The molecule has 0 fully saturated rings. The molecule has 1 N–H and O–H groups in total. The SMILES string of the molecule is Fc1ccc2ncnc(NCCc3ccc(Cl)nc3)c2c1. The fourth-order valence-corrected chi connectivity index (χ4v) is 2.16. The average molecular weight is 303 g/mol. The molecular weight excluding hydrogens is 291 g/mol. The van der Waals surface area contributed by atoms with E-state index < -0.39 is 0 Å². The largest absolute Gasteiger partial charge is 0.369 e. The quantitative estimate of drug-likeness (QED) is 0.750. The Bertz CT molecular complexity index is 761. The molecule has 0 radical (unpaired) electrons. The van der Waals surface area contributed by atoms with E-state index in [1.54, 1.807) is 18.3 Å². The average Bonchev–Trinajstić information content (AvgIpc) is 2.50. The summed E-state index contributed by atoms with van der Waals surface area (Å²) in [4.78, 5) is 12.3. The van der Waals surface area contributed by atoms with Crippen molar-refractivity contribution in [2.75, 3.05) is 11.9 Å². The lowest BCUT2D eigenvalue weighted by Crippen LogP contribution is -2.07. The molecule has 106 valence electrons. The van der Waals surface area contributed by atoms with Crippen LogP contribution in [-0.4, -0.2) is 21.5 Å². The monoisotopic (exact) mass is 302 g/mol. The molecule has 21 heavy (non-hydrogen) atoms. The van der Waals surface area contributed by atoms with E-state index >= 15 is 0 Å². The van der Waals surface area contributed by atoms with Crippen molar-refractivity contribution in [1.29, 1.82) is 0 Å². The molecule has 4 nitrogen and oxygen atoms in total. The zero-order valence-corrected chi connectivity index (χ0v) is 11.8. The fraction of sp³-hybridized carbons (Fsp3) is 0.133. The lowest BCUT2D eigenvalue weighted by atomic mass is 10.2. The van der Waals surface area contributed by atoms with Gasteiger partial charge in [0.25, 0.3) is 0 Å². The van der Waals surface area contributed by atoms with E-state index in [1.165, 1.54) is 18.5 Å². The highest BCUT2D eigenvalue weighted by Crippen LogP contribution is 2.20. The smallest absolute Gasteiger partial charge is 0.137 e. The Hall–Kier alpha value is -2.27. The van der Waals surface area contributed by atoms with Crippen LogP contribution in [0.15, 0.2) is 42.9 Å². The molecule has 0 amide bonds. The molecule has 0 spiro atoms. The normalized spacial score (nSPS) is 10.8. The van der Waals surface area contributed by atoms with E-state index in [0.29, 0.717) is 28.4 Å². The Morgan fingerprint density at radius 1 is 1.10 bits per heavy atom. The van der Waals surface area contributed by atoms with Crippen molar-refractivity contribution in [2.45, 2.75) is 6.42 Å². The minimum Gasteiger partial charge on any atom is -0.369 e. The van der Waals surface area contributed by atoms with Gasteiger partial charge in [-0.15, -0.1) is 0 Å². The van der Waals surface area contributed by atoms with Crippen LogP contribution in [0.3, 0.4) is 0 Å². The zero-order chi connectivity index (χ0) is 14.7. The van der Waals surface area contributed by atoms with Gasteiger partial charge < -0.3 is 5.32 Å². The molecule has 0 saturated heterocycles. The summed E-state index contributed by atoms with van der Waals surface area (Å²) in [7, 11) is 0. The summed E-state index contributed by atoms with van der Waals surface area (Å²) < 4.78 is 13.3. The fourth-order valence-electron chi connectivity index (χ4n) is 2.05. The van der Waals surface area contributed by atoms with Crippen molar-refractivity contribution in [3.05, 3.63) is 59.4 Å². The molecule has 0 saturated carbocycles. The number of nitrogens with one attached hydrogen (secondary N) is 1. The maximum atomic E-state index is 13.3. The zero-order valence-electron chi connectivity index (χ0n) is 11.1. The summed E-state index contributed by atoms with van der Waals surface area (Å²) >= 11 is 5.74. The minimum absolute atomic E-state index is 0.303. The maximum absolute atomic E-state index is 13.3. The van der Waals surface area contributed by atoms with E-state index in [2.05, 4.69) is 20.3 Å². The highest BCUT2D eigenvalue weighted by Gasteiger charge is 2.04. The van der Waals surface area contributed by atoms with Crippen molar-refractivity contribution in [3.63, 3.8) is 0 Å². The topological polar surface area (TPSA) is 50.7 Å². The molecule has 2 aromatic heterocycles. The standard InChI is InChI=1S/C15H12ClFN4/c16-14-4-1-10(8-19-14)5-6-18-15-12-7-11(17)2-3-13(12)20-9-21-15/h1-4,7-9H,5-6H2,(H,18,20,21). The Morgan fingerprint density at radius 3 is 2.81 bits per heavy atom.